The third-order valence-corrected chi connectivity index (χ3v) is 6.17. The highest BCUT2D eigenvalue weighted by atomic mass is 19.4. The molecule has 2 aromatic carbocycles. The van der Waals surface area contributed by atoms with Crippen LogP contribution in [-0.4, -0.2) is 46.0 Å². The molecular weight excluding hydrogens is 490 g/mol. The first-order valence-electron chi connectivity index (χ1n) is 11.9. The molecule has 0 saturated heterocycles. The van der Waals surface area contributed by atoms with Crippen LogP contribution in [0.2, 0.25) is 0 Å². The van der Waals surface area contributed by atoms with E-state index in [1.807, 2.05) is 27.7 Å². The summed E-state index contributed by atoms with van der Waals surface area (Å²) in [7, 11) is 0. The maximum absolute atomic E-state index is 13.7. The average Bonchev–Trinajstić information content (AvgIpc) is 3.58. The fraction of sp³-hybridized carbons (Fsp3) is 0.407. The van der Waals surface area contributed by atoms with Crippen molar-refractivity contribution in [2.24, 2.45) is 4.99 Å². The second kappa shape index (κ2) is 10.4. The van der Waals surface area contributed by atoms with Crippen molar-refractivity contribution in [1.29, 1.82) is 0 Å². The molecule has 198 valence electrons. The Hall–Kier alpha value is -3.56. The minimum absolute atomic E-state index is 0.0190. The lowest BCUT2D eigenvalue weighted by atomic mass is 10.1. The molecule has 1 saturated carbocycles. The SMILES string of the molecule is C/C(=N\C(=O)C1(NC(=O)c2cc(F)cc(C(F)(F)F)c2)CC1)c1ccc(C(=O)N(C(C)C)C(C)C)cc1. The molecule has 0 radical (unpaired) electrons. The normalized spacial score (nSPS) is 15.1. The number of hydrogen-bond acceptors (Lipinski definition) is 3. The van der Waals surface area contributed by atoms with Gasteiger partial charge >= 0.3 is 6.18 Å². The Morgan fingerprint density at radius 3 is 1.95 bits per heavy atom. The molecule has 3 rings (SSSR count). The molecule has 1 aliphatic rings. The predicted molar refractivity (Wildman–Crippen MR) is 131 cm³/mol. The average molecular weight is 520 g/mol. The molecule has 0 heterocycles. The quantitative estimate of drug-likeness (QED) is 0.393. The lowest BCUT2D eigenvalue weighted by Crippen LogP contribution is -2.42. The van der Waals surface area contributed by atoms with Gasteiger partial charge < -0.3 is 10.2 Å². The molecule has 1 fully saturated rings. The van der Waals surface area contributed by atoms with E-state index in [4.69, 9.17) is 0 Å². The van der Waals surface area contributed by atoms with Crippen LogP contribution in [0.5, 0.6) is 0 Å². The molecule has 1 N–H and O–H groups in total. The van der Waals surface area contributed by atoms with Gasteiger partial charge in [0.2, 0.25) is 0 Å². The highest BCUT2D eigenvalue weighted by molar-refractivity contribution is 6.09. The Labute approximate surface area is 212 Å². The van der Waals surface area contributed by atoms with Crippen molar-refractivity contribution in [1.82, 2.24) is 10.2 Å². The zero-order valence-electron chi connectivity index (χ0n) is 21.2. The van der Waals surface area contributed by atoms with Gasteiger partial charge in [-0.1, -0.05) is 12.1 Å². The van der Waals surface area contributed by atoms with E-state index in [0.29, 0.717) is 35.0 Å². The number of carbonyl (C=O) groups excluding carboxylic acids is 3. The lowest BCUT2D eigenvalue weighted by molar-refractivity contribution is -0.137. The Kier molecular flexibility index (Phi) is 7.90. The smallest absolute Gasteiger partial charge is 0.338 e. The van der Waals surface area contributed by atoms with Gasteiger partial charge in [0.25, 0.3) is 17.7 Å². The van der Waals surface area contributed by atoms with E-state index < -0.39 is 40.5 Å². The van der Waals surface area contributed by atoms with Crippen LogP contribution in [0.1, 0.15) is 79.3 Å². The molecule has 0 aliphatic heterocycles. The van der Waals surface area contributed by atoms with Crippen molar-refractivity contribution in [2.75, 3.05) is 0 Å². The van der Waals surface area contributed by atoms with Crippen molar-refractivity contribution in [3.63, 3.8) is 0 Å². The highest BCUT2D eigenvalue weighted by Crippen LogP contribution is 2.37. The fourth-order valence-corrected chi connectivity index (χ4v) is 4.08. The van der Waals surface area contributed by atoms with Crippen LogP contribution in [-0.2, 0) is 11.0 Å². The van der Waals surface area contributed by atoms with E-state index in [9.17, 15) is 31.9 Å². The third kappa shape index (κ3) is 6.42. The third-order valence-electron chi connectivity index (χ3n) is 6.17. The van der Waals surface area contributed by atoms with E-state index in [-0.39, 0.29) is 30.8 Å². The molecule has 0 spiro atoms. The first-order valence-corrected chi connectivity index (χ1v) is 11.9. The zero-order valence-corrected chi connectivity index (χ0v) is 21.2. The number of benzene rings is 2. The topological polar surface area (TPSA) is 78.8 Å². The highest BCUT2D eigenvalue weighted by Gasteiger charge is 2.51. The molecule has 0 aromatic heterocycles. The summed E-state index contributed by atoms with van der Waals surface area (Å²) in [5, 5.41) is 2.42. The summed E-state index contributed by atoms with van der Waals surface area (Å²) in [6.07, 6.45) is -4.32. The number of halogens is 4. The zero-order chi connectivity index (χ0) is 27.7. The van der Waals surface area contributed by atoms with Gasteiger partial charge in [-0.2, -0.15) is 13.2 Å². The van der Waals surface area contributed by atoms with Crippen LogP contribution >= 0.6 is 0 Å². The summed E-state index contributed by atoms with van der Waals surface area (Å²) in [5.41, 5.74) is -1.76. The summed E-state index contributed by atoms with van der Waals surface area (Å²) in [5.74, 6) is -2.98. The molecule has 3 amide bonds. The van der Waals surface area contributed by atoms with Crippen LogP contribution in [0.25, 0.3) is 0 Å². The molecule has 0 bridgehead atoms. The molecular formula is C27H29F4N3O3. The number of aliphatic imine (C=N–C) groups is 1. The van der Waals surface area contributed by atoms with Crippen LogP contribution in [0.15, 0.2) is 47.5 Å². The standard InChI is InChI=1S/C27H29F4N3O3/c1-15(2)34(16(3)4)24(36)19-8-6-18(7-9-19)17(5)32-25(37)26(10-11-26)33-23(35)20-12-21(27(29,30)31)14-22(28)13-20/h6-9,12-16H,10-11H2,1-5H3,(H,33,35)/b32-17+. The van der Waals surface area contributed by atoms with E-state index in [0.717, 1.165) is 0 Å². The second-order valence-electron chi connectivity index (χ2n) is 9.74. The first-order chi connectivity index (χ1) is 17.1. The minimum atomic E-state index is -4.83. The Morgan fingerprint density at radius 2 is 1.46 bits per heavy atom. The number of nitrogens with zero attached hydrogens (tertiary/aromatic N) is 2. The van der Waals surface area contributed by atoms with E-state index >= 15 is 0 Å². The van der Waals surface area contributed by atoms with E-state index in [1.54, 1.807) is 36.1 Å². The first kappa shape index (κ1) is 28.0. The Morgan fingerprint density at radius 1 is 0.919 bits per heavy atom. The largest absolute Gasteiger partial charge is 0.416 e. The predicted octanol–water partition coefficient (Wildman–Crippen LogP) is 5.40. The van der Waals surface area contributed by atoms with Crippen molar-refractivity contribution in [3.05, 3.63) is 70.5 Å². The summed E-state index contributed by atoms with van der Waals surface area (Å²) in [6, 6.07) is 8.19. The van der Waals surface area contributed by atoms with Gasteiger partial charge in [0.15, 0.2) is 0 Å². The van der Waals surface area contributed by atoms with Gasteiger partial charge in [-0.3, -0.25) is 14.4 Å². The number of carbonyl (C=O) groups is 3. The van der Waals surface area contributed by atoms with E-state index in [2.05, 4.69) is 10.3 Å². The number of nitrogens with one attached hydrogen (secondary N) is 1. The van der Waals surface area contributed by atoms with Crippen LogP contribution in [0.3, 0.4) is 0 Å². The molecule has 0 unspecified atom stereocenters. The van der Waals surface area contributed by atoms with Crippen molar-refractivity contribution in [2.45, 2.75) is 71.3 Å². The summed E-state index contributed by atoms with van der Waals surface area (Å²) >= 11 is 0. The molecule has 10 heteroatoms. The maximum Gasteiger partial charge on any atom is 0.416 e. The van der Waals surface area contributed by atoms with Crippen LogP contribution < -0.4 is 5.32 Å². The van der Waals surface area contributed by atoms with Crippen LogP contribution in [0.4, 0.5) is 17.6 Å². The van der Waals surface area contributed by atoms with E-state index in [1.165, 1.54) is 0 Å². The number of hydrogen-bond donors (Lipinski definition) is 1. The van der Waals surface area contributed by atoms with Gasteiger partial charge in [-0.25, -0.2) is 9.38 Å². The van der Waals surface area contributed by atoms with Gasteiger partial charge in [0.05, 0.1) is 5.56 Å². The van der Waals surface area contributed by atoms with Gasteiger partial charge in [0, 0.05) is 28.9 Å². The van der Waals surface area contributed by atoms with Crippen molar-refractivity contribution in [3.8, 4) is 0 Å². The summed E-state index contributed by atoms with van der Waals surface area (Å²) < 4.78 is 52.6. The Balaban J connectivity index is 1.74. The number of alkyl halides is 3. The van der Waals surface area contributed by atoms with Gasteiger partial charge in [-0.15, -0.1) is 0 Å². The monoisotopic (exact) mass is 519 g/mol. The summed E-state index contributed by atoms with van der Waals surface area (Å²) in [6.45, 7) is 9.34. The molecule has 37 heavy (non-hydrogen) atoms. The van der Waals surface area contributed by atoms with Crippen LogP contribution in [0, 0.1) is 5.82 Å². The molecule has 0 atom stereocenters. The van der Waals surface area contributed by atoms with Crippen molar-refractivity contribution >= 4 is 23.4 Å². The fourth-order valence-electron chi connectivity index (χ4n) is 4.08. The van der Waals surface area contributed by atoms with Gasteiger partial charge in [-0.05, 0) is 83.4 Å². The summed E-state index contributed by atoms with van der Waals surface area (Å²) in [4.78, 5) is 44.1. The lowest BCUT2D eigenvalue weighted by Gasteiger charge is -2.30. The number of amides is 3. The van der Waals surface area contributed by atoms with Gasteiger partial charge in [0.1, 0.15) is 11.4 Å². The number of rotatable bonds is 7. The molecule has 2 aromatic rings. The maximum atomic E-state index is 13.7. The molecule has 6 nitrogen and oxygen atoms in total. The Bertz CT molecular complexity index is 1220. The molecule has 1 aliphatic carbocycles. The van der Waals surface area contributed by atoms with Crippen molar-refractivity contribution < 1.29 is 31.9 Å². The minimum Gasteiger partial charge on any atom is -0.338 e. The second-order valence-corrected chi connectivity index (χ2v) is 9.74.